The molecule has 0 radical (unpaired) electrons. The van der Waals surface area contributed by atoms with Crippen LogP contribution in [0, 0.1) is 27.7 Å². The number of ketones is 1. The predicted octanol–water partition coefficient (Wildman–Crippen LogP) is 4.95. The van der Waals surface area contributed by atoms with Gasteiger partial charge in [0, 0.05) is 18.9 Å². The zero-order valence-electron chi connectivity index (χ0n) is 20.0. The van der Waals surface area contributed by atoms with Gasteiger partial charge in [0.2, 0.25) is 0 Å². The summed E-state index contributed by atoms with van der Waals surface area (Å²) < 4.78 is 5.55. The summed E-state index contributed by atoms with van der Waals surface area (Å²) in [6.45, 7) is 7.99. The van der Waals surface area contributed by atoms with Crippen LogP contribution in [0.1, 0.15) is 45.0 Å². The molecule has 0 bridgehead atoms. The molecule has 3 aromatic rings. The van der Waals surface area contributed by atoms with Crippen LogP contribution in [0.4, 0.5) is 0 Å². The molecule has 6 nitrogen and oxygen atoms in total. The van der Waals surface area contributed by atoms with Gasteiger partial charge in [-0.15, -0.1) is 0 Å². The minimum absolute atomic E-state index is 0.0461. The van der Waals surface area contributed by atoms with E-state index in [2.05, 4.69) is 4.98 Å². The number of aliphatic hydroxyl groups is 1. The van der Waals surface area contributed by atoms with Crippen molar-refractivity contribution in [1.29, 1.82) is 0 Å². The average Bonchev–Trinajstić information content (AvgIpc) is 3.06. The van der Waals surface area contributed by atoms with E-state index in [1.165, 1.54) is 12.0 Å². The lowest BCUT2D eigenvalue weighted by Gasteiger charge is -2.26. The largest absolute Gasteiger partial charge is 0.507 e. The van der Waals surface area contributed by atoms with Crippen LogP contribution < -0.4 is 4.74 Å². The van der Waals surface area contributed by atoms with Crippen molar-refractivity contribution in [2.75, 3.05) is 7.11 Å². The lowest BCUT2D eigenvalue weighted by Crippen LogP contribution is -2.29. The van der Waals surface area contributed by atoms with E-state index in [1.54, 1.807) is 30.6 Å². The van der Waals surface area contributed by atoms with Crippen LogP contribution >= 0.6 is 0 Å². The summed E-state index contributed by atoms with van der Waals surface area (Å²) in [5.41, 5.74) is 5.91. The second-order valence-corrected chi connectivity index (χ2v) is 8.80. The Balaban J connectivity index is 1.93. The minimum Gasteiger partial charge on any atom is -0.507 e. The van der Waals surface area contributed by atoms with Gasteiger partial charge in [0.05, 0.1) is 24.3 Å². The fourth-order valence-electron chi connectivity index (χ4n) is 4.64. The molecule has 1 N–H and O–H groups in total. The first-order chi connectivity index (χ1) is 16.2. The van der Waals surface area contributed by atoms with Gasteiger partial charge in [-0.3, -0.25) is 14.6 Å². The van der Waals surface area contributed by atoms with Crippen molar-refractivity contribution in [3.8, 4) is 5.75 Å². The van der Waals surface area contributed by atoms with E-state index in [0.717, 1.165) is 27.8 Å². The Hall–Kier alpha value is -3.93. The number of aryl methyl sites for hydroxylation is 4. The Bertz CT molecular complexity index is 1310. The molecule has 34 heavy (non-hydrogen) atoms. The second kappa shape index (κ2) is 9.14. The topological polar surface area (TPSA) is 79.7 Å². The van der Waals surface area contributed by atoms with Gasteiger partial charge in [0.15, 0.2) is 0 Å². The van der Waals surface area contributed by atoms with Gasteiger partial charge in [-0.2, -0.15) is 0 Å². The summed E-state index contributed by atoms with van der Waals surface area (Å²) in [6.07, 6.45) is 3.23. The highest BCUT2D eigenvalue weighted by molar-refractivity contribution is 6.46. The number of Topliss-reactive ketones (excluding diaryl/α,β-unsaturated/α-hetero) is 1. The van der Waals surface area contributed by atoms with E-state index in [-0.39, 0.29) is 17.9 Å². The molecule has 0 saturated carbocycles. The molecule has 0 aliphatic carbocycles. The van der Waals surface area contributed by atoms with Crippen LogP contribution in [0.15, 0.2) is 60.4 Å². The molecule has 1 amide bonds. The number of ether oxygens (including phenoxy) is 1. The third kappa shape index (κ3) is 4.07. The molecule has 1 atom stereocenters. The third-order valence-corrected chi connectivity index (χ3v) is 6.29. The Morgan fingerprint density at radius 1 is 0.971 bits per heavy atom. The smallest absolute Gasteiger partial charge is 0.295 e. The average molecular weight is 457 g/mol. The maximum atomic E-state index is 13.4. The van der Waals surface area contributed by atoms with Crippen molar-refractivity contribution < 1.29 is 19.4 Å². The maximum Gasteiger partial charge on any atom is 0.295 e. The van der Waals surface area contributed by atoms with E-state index in [9.17, 15) is 14.7 Å². The van der Waals surface area contributed by atoms with Gasteiger partial charge in [-0.1, -0.05) is 29.8 Å². The van der Waals surface area contributed by atoms with E-state index < -0.39 is 17.7 Å². The number of nitrogens with zero attached hydrogens (tertiary/aromatic N) is 2. The summed E-state index contributed by atoms with van der Waals surface area (Å²) in [5, 5.41) is 11.5. The number of carbonyl (C=O) groups excluding carboxylic acids is 2. The standard InChI is InChI=1S/C28H28N2O4/c1-16-6-7-18(3)21(13-16)15-30-24(20-8-10-29-11-9-20)23(26(32)28(30)33)25(31)22-14-17(2)12-19(4)27(22)34-5/h6-14,24,31H,15H2,1-5H3/b25-23+. The zero-order chi connectivity index (χ0) is 24.6. The predicted molar refractivity (Wildman–Crippen MR) is 130 cm³/mol. The van der Waals surface area contributed by atoms with Gasteiger partial charge < -0.3 is 14.7 Å². The van der Waals surface area contributed by atoms with Crippen LogP contribution in [0.2, 0.25) is 0 Å². The van der Waals surface area contributed by atoms with Gasteiger partial charge in [0.1, 0.15) is 11.5 Å². The number of hydrogen-bond acceptors (Lipinski definition) is 5. The molecule has 6 heteroatoms. The summed E-state index contributed by atoms with van der Waals surface area (Å²) >= 11 is 0. The molecule has 1 aliphatic rings. The van der Waals surface area contributed by atoms with Crippen molar-refractivity contribution in [2.24, 2.45) is 0 Å². The quantitative estimate of drug-likeness (QED) is 0.334. The summed E-state index contributed by atoms with van der Waals surface area (Å²) in [7, 11) is 1.52. The highest BCUT2D eigenvalue weighted by Gasteiger charge is 2.46. The minimum atomic E-state index is -0.756. The first-order valence-corrected chi connectivity index (χ1v) is 11.1. The van der Waals surface area contributed by atoms with E-state index in [1.807, 2.05) is 52.0 Å². The summed E-state index contributed by atoms with van der Waals surface area (Å²) in [6, 6.07) is 12.5. The Kier molecular flexibility index (Phi) is 6.24. The van der Waals surface area contributed by atoms with Gasteiger partial charge in [-0.25, -0.2) is 0 Å². The van der Waals surface area contributed by atoms with Crippen molar-refractivity contribution >= 4 is 17.4 Å². The number of rotatable bonds is 5. The number of methoxy groups -OCH3 is 1. The van der Waals surface area contributed by atoms with E-state index in [4.69, 9.17) is 4.74 Å². The summed E-state index contributed by atoms with van der Waals surface area (Å²) in [5.74, 6) is -1.14. The molecule has 1 aromatic heterocycles. The molecule has 1 fully saturated rings. The molecular weight excluding hydrogens is 428 g/mol. The van der Waals surface area contributed by atoms with Gasteiger partial charge in [0.25, 0.3) is 11.7 Å². The fourth-order valence-corrected chi connectivity index (χ4v) is 4.64. The van der Waals surface area contributed by atoms with Crippen LogP contribution in [0.5, 0.6) is 5.75 Å². The lowest BCUT2D eigenvalue weighted by atomic mass is 9.94. The number of likely N-dealkylation sites (tertiary alicyclic amines) is 1. The number of hydrogen-bond donors (Lipinski definition) is 1. The van der Waals surface area contributed by atoms with E-state index >= 15 is 0 Å². The Morgan fingerprint density at radius 2 is 1.68 bits per heavy atom. The molecule has 2 aromatic carbocycles. The molecule has 1 aliphatic heterocycles. The van der Waals surface area contributed by atoms with Gasteiger partial charge >= 0.3 is 0 Å². The number of benzene rings is 2. The molecule has 4 rings (SSSR count). The number of carbonyl (C=O) groups is 2. The van der Waals surface area contributed by atoms with Crippen molar-refractivity contribution in [1.82, 2.24) is 9.88 Å². The maximum absolute atomic E-state index is 13.4. The van der Waals surface area contributed by atoms with Crippen LogP contribution in [-0.4, -0.2) is 33.8 Å². The highest BCUT2D eigenvalue weighted by Crippen LogP contribution is 2.42. The zero-order valence-corrected chi connectivity index (χ0v) is 20.0. The van der Waals surface area contributed by atoms with Crippen LogP contribution in [0.3, 0.4) is 0 Å². The molecule has 1 saturated heterocycles. The Morgan fingerprint density at radius 3 is 2.35 bits per heavy atom. The van der Waals surface area contributed by atoms with E-state index in [0.29, 0.717) is 16.9 Å². The number of amides is 1. The van der Waals surface area contributed by atoms with Crippen LogP contribution in [-0.2, 0) is 16.1 Å². The molecular formula is C28H28N2O4. The molecule has 1 unspecified atom stereocenters. The first-order valence-electron chi connectivity index (χ1n) is 11.1. The number of aliphatic hydroxyl groups excluding tert-OH is 1. The molecule has 2 heterocycles. The highest BCUT2D eigenvalue weighted by atomic mass is 16.5. The van der Waals surface area contributed by atoms with Gasteiger partial charge in [-0.05, 0) is 73.7 Å². The second-order valence-electron chi connectivity index (χ2n) is 8.80. The molecule has 0 spiro atoms. The third-order valence-electron chi connectivity index (χ3n) is 6.29. The van der Waals surface area contributed by atoms with Crippen molar-refractivity contribution in [3.05, 3.63) is 99.4 Å². The first kappa shape index (κ1) is 23.2. The van der Waals surface area contributed by atoms with Crippen molar-refractivity contribution in [3.63, 3.8) is 0 Å². The molecule has 174 valence electrons. The number of aromatic nitrogens is 1. The number of pyridine rings is 1. The van der Waals surface area contributed by atoms with Crippen molar-refractivity contribution in [2.45, 2.75) is 40.3 Å². The van der Waals surface area contributed by atoms with Crippen LogP contribution in [0.25, 0.3) is 5.76 Å². The Labute approximate surface area is 199 Å². The monoisotopic (exact) mass is 456 g/mol. The lowest BCUT2D eigenvalue weighted by molar-refractivity contribution is -0.140. The fraction of sp³-hybridized carbons (Fsp3) is 0.250. The SMILES string of the molecule is COc1c(C)cc(C)cc1/C(O)=C1\C(=O)C(=O)N(Cc2cc(C)ccc2C)C1c1ccncc1. The summed E-state index contributed by atoms with van der Waals surface area (Å²) in [4.78, 5) is 32.3. The normalized spacial score (nSPS) is 17.3.